The lowest BCUT2D eigenvalue weighted by Crippen LogP contribution is -2.32. The van der Waals surface area contributed by atoms with Crippen LogP contribution < -0.4 is 11.1 Å². The zero-order valence-electron chi connectivity index (χ0n) is 12.3. The molecule has 3 rings (SSSR count). The number of hydrogen-bond acceptors (Lipinski definition) is 5. The molecule has 7 nitrogen and oxygen atoms in total. The Morgan fingerprint density at radius 1 is 1.43 bits per heavy atom. The predicted octanol–water partition coefficient (Wildman–Crippen LogP) is 2.26. The minimum absolute atomic E-state index is 0.287. The van der Waals surface area contributed by atoms with Gasteiger partial charge in [0, 0.05) is 17.1 Å². The van der Waals surface area contributed by atoms with E-state index < -0.39 is 11.3 Å². The van der Waals surface area contributed by atoms with Crippen molar-refractivity contribution in [2.45, 2.75) is 25.7 Å². The molecule has 4 N–H and O–H groups in total. The maximum absolute atomic E-state index is 12.4. The third kappa shape index (κ3) is 2.83. The van der Waals surface area contributed by atoms with E-state index in [4.69, 9.17) is 5.73 Å². The molecule has 0 aliphatic heterocycles. The Balaban J connectivity index is 1.75. The fourth-order valence-corrected chi connectivity index (χ4v) is 3.45. The quantitative estimate of drug-likeness (QED) is 0.795. The zero-order valence-corrected chi connectivity index (χ0v) is 13.1. The number of amides is 2. The number of aromatic nitrogens is 2. The van der Waals surface area contributed by atoms with E-state index in [0.717, 1.165) is 12.8 Å². The highest BCUT2D eigenvalue weighted by atomic mass is 32.1. The second-order valence-electron chi connectivity index (χ2n) is 5.56. The molecule has 0 bridgehead atoms. The normalized spacial score (nSPS) is 16.0. The number of nitriles is 1. The number of rotatable bonds is 4. The lowest BCUT2D eigenvalue weighted by molar-refractivity contribution is -0.122. The third-order valence-electron chi connectivity index (χ3n) is 4.07. The van der Waals surface area contributed by atoms with Crippen molar-refractivity contribution in [2.75, 3.05) is 5.32 Å². The molecule has 2 amide bonds. The maximum atomic E-state index is 12.4. The van der Waals surface area contributed by atoms with Crippen LogP contribution in [0.4, 0.5) is 5.13 Å². The third-order valence-corrected chi connectivity index (χ3v) is 4.83. The van der Waals surface area contributed by atoms with Crippen molar-refractivity contribution >= 4 is 28.3 Å². The van der Waals surface area contributed by atoms with Crippen LogP contribution in [0, 0.1) is 16.7 Å². The highest BCUT2D eigenvalue weighted by molar-refractivity contribution is 7.14. The van der Waals surface area contributed by atoms with E-state index in [1.807, 2.05) is 0 Å². The first-order chi connectivity index (χ1) is 11.0. The molecule has 2 heterocycles. The molecule has 23 heavy (non-hydrogen) atoms. The van der Waals surface area contributed by atoms with E-state index in [-0.39, 0.29) is 5.91 Å². The van der Waals surface area contributed by atoms with Crippen LogP contribution in [0.25, 0.3) is 11.3 Å². The Hall–Kier alpha value is -2.66. The number of anilines is 1. The Labute approximate surface area is 136 Å². The van der Waals surface area contributed by atoms with Gasteiger partial charge in [-0.05, 0) is 18.9 Å². The van der Waals surface area contributed by atoms with E-state index in [0.29, 0.717) is 34.9 Å². The smallest absolute Gasteiger partial charge is 0.265 e. The molecule has 0 saturated heterocycles. The van der Waals surface area contributed by atoms with Gasteiger partial charge in [0.2, 0.25) is 5.91 Å². The molecular weight excluding hydrogens is 314 g/mol. The number of carbonyl (C=O) groups excluding carboxylic acids is 2. The number of nitrogens with one attached hydrogen (secondary N) is 2. The fraction of sp³-hybridized carbons (Fsp3) is 0.333. The number of hydrogen-bond donors (Lipinski definition) is 3. The van der Waals surface area contributed by atoms with Crippen LogP contribution in [-0.2, 0) is 4.79 Å². The van der Waals surface area contributed by atoms with E-state index in [1.54, 1.807) is 17.6 Å². The monoisotopic (exact) mass is 329 g/mol. The average Bonchev–Trinajstić information content (AvgIpc) is 3.27. The Morgan fingerprint density at radius 3 is 2.78 bits per heavy atom. The molecule has 0 unspecified atom stereocenters. The fourth-order valence-electron chi connectivity index (χ4n) is 2.73. The number of thiazole rings is 1. The molecule has 0 radical (unpaired) electrons. The molecule has 1 saturated carbocycles. The van der Waals surface area contributed by atoms with Gasteiger partial charge in [-0.2, -0.15) is 5.26 Å². The van der Waals surface area contributed by atoms with Gasteiger partial charge in [0.15, 0.2) is 5.13 Å². The average molecular weight is 329 g/mol. The molecule has 0 spiro atoms. The number of carbonyl (C=O) groups is 2. The van der Waals surface area contributed by atoms with Crippen LogP contribution >= 0.6 is 11.3 Å². The molecule has 0 aromatic carbocycles. The van der Waals surface area contributed by atoms with E-state index in [1.165, 1.54) is 11.3 Å². The van der Waals surface area contributed by atoms with Gasteiger partial charge in [0.05, 0.1) is 11.8 Å². The van der Waals surface area contributed by atoms with Crippen LogP contribution in [0.5, 0.6) is 0 Å². The van der Waals surface area contributed by atoms with Crippen molar-refractivity contribution in [2.24, 2.45) is 11.1 Å². The summed E-state index contributed by atoms with van der Waals surface area (Å²) < 4.78 is 0. The van der Waals surface area contributed by atoms with Crippen molar-refractivity contribution in [3.63, 3.8) is 0 Å². The number of H-pyrrole nitrogens is 1. The molecule has 0 atom stereocenters. The summed E-state index contributed by atoms with van der Waals surface area (Å²) in [6, 6.07) is 3.77. The minimum atomic E-state index is -0.931. The van der Waals surface area contributed by atoms with Crippen LogP contribution in [0.1, 0.15) is 36.2 Å². The first-order valence-corrected chi connectivity index (χ1v) is 8.09. The minimum Gasteiger partial charge on any atom is -0.364 e. The summed E-state index contributed by atoms with van der Waals surface area (Å²) in [5, 5.41) is 14.3. The maximum Gasteiger partial charge on any atom is 0.265 e. The van der Waals surface area contributed by atoms with Gasteiger partial charge >= 0.3 is 0 Å². The van der Waals surface area contributed by atoms with Gasteiger partial charge in [-0.15, -0.1) is 11.3 Å². The standard InChI is InChI=1S/C15H15N5O2S/c16-8-15(3-1-2-4-15)13(22)20-14-19-11(7-23-14)9-5-10(12(17)21)18-6-9/h5-7,18H,1-4H2,(H2,17,21)(H,19,20,22). The molecule has 8 heteroatoms. The summed E-state index contributed by atoms with van der Waals surface area (Å²) in [4.78, 5) is 30.6. The highest BCUT2D eigenvalue weighted by Crippen LogP contribution is 2.38. The Morgan fingerprint density at radius 2 is 2.17 bits per heavy atom. The Bertz CT molecular complexity index is 795. The van der Waals surface area contributed by atoms with Crippen molar-refractivity contribution in [3.8, 4) is 17.3 Å². The lowest BCUT2D eigenvalue weighted by Gasteiger charge is -2.17. The SMILES string of the molecule is N#CC1(C(=O)Nc2nc(-c3c[nH]c(C(N)=O)c3)cs2)CCCC1. The highest BCUT2D eigenvalue weighted by Gasteiger charge is 2.41. The van der Waals surface area contributed by atoms with Crippen LogP contribution in [0.2, 0.25) is 0 Å². The van der Waals surface area contributed by atoms with E-state index >= 15 is 0 Å². The summed E-state index contributed by atoms with van der Waals surface area (Å²) in [5.74, 6) is -0.831. The number of primary amides is 1. The van der Waals surface area contributed by atoms with Crippen molar-refractivity contribution in [1.82, 2.24) is 9.97 Å². The number of aromatic amines is 1. The van der Waals surface area contributed by atoms with Gasteiger partial charge in [-0.25, -0.2) is 4.98 Å². The molecule has 1 aliphatic rings. The van der Waals surface area contributed by atoms with Crippen LogP contribution in [0.15, 0.2) is 17.6 Å². The van der Waals surface area contributed by atoms with Crippen molar-refractivity contribution in [3.05, 3.63) is 23.3 Å². The largest absolute Gasteiger partial charge is 0.364 e. The summed E-state index contributed by atoms with van der Waals surface area (Å²) in [7, 11) is 0. The zero-order chi connectivity index (χ0) is 16.4. The first kappa shape index (κ1) is 15.2. The molecule has 2 aromatic rings. The van der Waals surface area contributed by atoms with Gasteiger partial charge < -0.3 is 16.0 Å². The van der Waals surface area contributed by atoms with E-state index in [2.05, 4.69) is 21.4 Å². The number of nitrogens with zero attached hydrogens (tertiary/aromatic N) is 2. The second kappa shape index (κ2) is 5.85. The summed E-state index contributed by atoms with van der Waals surface area (Å²) in [6.45, 7) is 0. The van der Waals surface area contributed by atoms with Gasteiger partial charge in [0.25, 0.3) is 5.91 Å². The van der Waals surface area contributed by atoms with Crippen molar-refractivity contribution < 1.29 is 9.59 Å². The Kier molecular flexibility index (Phi) is 3.88. The van der Waals surface area contributed by atoms with Crippen molar-refractivity contribution in [1.29, 1.82) is 5.26 Å². The summed E-state index contributed by atoms with van der Waals surface area (Å²) >= 11 is 1.28. The summed E-state index contributed by atoms with van der Waals surface area (Å²) in [5.41, 5.74) is 5.91. The number of nitrogens with two attached hydrogens (primary N) is 1. The summed E-state index contributed by atoms with van der Waals surface area (Å²) in [6.07, 6.45) is 4.60. The second-order valence-corrected chi connectivity index (χ2v) is 6.42. The van der Waals surface area contributed by atoms with Gasteiger partial charge in [-0.3, -0.25) is 9.59 Å². The first-order valence-electron chi connectivity index (χ1n) is 7.21. The predicted molar refractivity (Wildman–Crippen MR) is 85.6 cm³/mol. The molecular formula is C15H15N5O2S. The molecule has 118 valence electrons. The molecule has 2 aromatic heterocycles. The van der Waals surface area contributed by atoms with Gasteiger partial charge in [-0.1, -0.05) is 12.8 Å². The topological polar surface area (TPSA) is 125 Å². The molecule has 1 fully saturated rings. The lowest BCUT2D eigenvalue weighted by atomic mass is 9.87. The van der Waals surface area contributed by atoms with Crippen LogP contribution in [0.3, 0.4) is 0 Å². The van der Waals surface area contributed by atoms with Gasteiger partial charge in [0.1, 0.15) is 11.1 Å². The van der Waals surface area contributed by atoms with Crippen LogP contribution in [-0.4, -0.2) is 21.8 Å². The molecule has 1 aliphatic carbocycles. The van der Waals surface area contributed by atoms with E-state index in [9.17, 15) is 14.9 Å².